The molecule has 5 heteroatoms. The maximum absolute atomic E-state index is 12.2. The van der Waals surface area contributed by atoms with Crippen LogP contribution in [-0.2, 0) is 11.2 Å². The van der Waals surface area contributed by atoms with E-state index in [4.69, 9.17) is 9.72 Å². The summed E-state index contributed by atoms with van der Waals surface area (Å²) in [5.41, 5.74) is 2.55. The van der Waals surface area contributed by atoms with E-state index in [1.807, 2.05) is 24.3 Å². The number of nitrogens with zero attached hydrogens (tertiary/aromatic N) is 3. The predicted octanol–water partition coefficient (Wildman–Crippen LogP) is 2.74. The highest BCUT2D eigenvalue weighted by Crippen LogP contribution is 2.30. The van der Waals surface area contributed by atoms with Crippen molar-refractivity contribution in [2.75, 3.05) is 13.2 Å². The van der Waals surface area contributed by atoms with E-state index in [0.717, 1.165) is 46.2 Å². The summed E-state index contributed by atoms with van der Waals surface area (Å²) in [6.45, 7) is 3.60. The van der Waals surface area contributed by atoms with Crippen LogP contribution in [0, 0.1) is 5.21 Å². The van der Waals surface area contributed by atoms with Gasteiger partial charge in [-0.05, 0) is 12.5 Å². The minimum atomic E-state index is 0.290. The van der Waals surface area contributed by atoms with E-state index < -0.39 is 0 Å². The summed E-state index contributed by atoms with van der Waals surface area (Å²) in [5, 5.41) is 13.2. The van der Waals surface area contributed by atoms with Crippen LogP contribution in [0.4, 0.5) is 0 Å². The van der Waals surface area contributed by atoms with Crippen LogP contribution < -0.4 is 4.73 Å². The van der Waals surface area contributed by atoms with Gasteiger partial charge < -0.3 is 14.5 Å². The number of aromatic nitrogens is 3. The molecule has 5 nitrogen and oxygen atoms in total. The van der Waals surface area contributed by atoms with Crippen LogP contribution in [0.1, 0.15) is 31.6 Å². The van der Waals surface area contributed by atoms with Gasteiger partial charge in [-0.1, -0.05) is 25.5 Å². The predicted molar refractivity (Wildman–Crippen MR) is 84.7 cm³/mol. The maximum atomic E-state index is 12.2. The van der Waals surface area contributed by atoms with E-state index in [2.05, 4.69) is 11.5 Å². The molecule has 0 amide bonds. The Bertz CT molecular complexity index is 841. The molecular formula is C17H19N3O2. The first-order valence-electron chi connectivity index (χ1n) is 7.89. The summed E-state index contributed by atoms with van der Waals surface area (Å²) < 4.78 is 9.00. The normalized spacial score (nSPS) is 18.5. The molecule has 22 heavy (non-hydrogen) atoms. The zero-order valence-corrected chi connectivity index (χ0v) is 12.7. The first kappa shape index (κ1) is 13.5. The van der Waals surface area contributed by atoms with Gasteiger partial charge >= 0.3 is 0 Å². The molecule has 4 rings (SSSR count). The molecule has 1 unspecified atom stereocenters. The highest BCUT2D eigenvalue weighted by Gasteiger charge is 2.25. The Kier molecular flexibility index (Phi) is 3.22. The van der Waals surface area contributed by atoms with Gasteiger partial charge in [0.25, 0.3) is 0 Å². The molecule has 3 aromatic rings. The van der Waals surface area contributed by atoms with Gasteiger partial charge in [-0.3, -0.25) is 0 Å². The highest BCUT2D eigenvalue weighted by atomic mass is 16.5. The largest absolute Gasteiger partial charge is 0.618 e. The van der Waals surface area contributed by atoms with Gasteiger partial charge in [-0.15, -0.1) is 0 Å². The third-order valence-corrected chi connectivity index (χ3v) is 4.41. The third-order valence-electron chi connectivity index (χ3n) is 4.41. The molecule has 1 aromatic carbocycles. The molecule has 1 aliphatic heterocycles. The number of para-hydroxylation sites is 1. The van der Waals surface area contributed by atoms with Crippen LogP contribution in [0.25, 0.3) is 21.9 Å². The SMILES string of the molecule is CCCC1COCCc2nc3c[n+]([O-])c4ccccc4c3n21. The summed E-state index contributed by atoms with van der Waals surface area (Å²) in [4.78, 5) is 4.72. The summed E-state index contributed by atoms with van der Waals surface area (Å²) >= 11 is 0. The molecule has 1 aliphatic rings. The van der Waals surface area contributed by atoms with Crippen molar-refractivity contribution in [3.8, 4) is 0 Å². The molecule has 0 bridgehead atoms. The number of pyridine rings is 1. The topological polar surface area (TPSA) is 54.0 Å². The first-order valence-corrected chi connectivity index (χ1v) is 7.89. The summed E-state index contributed by atoms with van der Waals surface area (Å²) in [5.74, 6) is 1.03. The molecule has 0 spiro atoms. The number of hydrogen-bond donors (Lipinski definition) is 0. The Morgan fingerprint density at radius 3 is 3.14 bits per heavy atom. The lowest BCUT2D eigenvalue weighted by Gasteiger charge is -2.18. The second kappa shape index (κ2) is 5.25. The molecule has 0 radical (unpaired) electrons. The molecule has 2 aromatic heterocycles. The molecule has 114 valence electrons. The summed E-state index contributed by atoms with van der Waals surface area (Å²) in [7, 11) is 0. The van der Waals surface area contributed by atoms with Crippen molar-refractivity contribution in [1.82, 2.24) is 9.55 Å². The Balaban J connectivity index is 2.08. The summed E-state index contributed by atoms with van der Waals surface area (Å²) in [6.07, 6.45) is 4.55. The monoisotopic (exact) mass is 297 g/mol. The van der Waals surface area contributed by atoms with Crippen molar-refractivity contribution >= 4 is 21.9 Å². The molecule has 0 saturated carbocycles. The number of rotatable bonds is 2. The molecule has 0 saturated heterocycles. The lowest BCUT2D eigenvalue weighted by molar-refractivity contribution is -0.575. The van der Waals surface area contributed by atoms with Gasteiger partial charge in [0.1, 0.15) is 5.82 Å². The lowest BCUT2D eigenvalue weighted by atomic mass is 10.1. The van der Waals surface area contributed by atoms with Crippen LogP contribution >= 0.6 is 0 Å². The van der Waals surface area contributed by atoms with Gasteiger partial charge in [-0.2, -0.15) is 4.73 Å². The quantitative estimate of drug-likeness (QED) is 0.540. The van der Waals surface area contributed by atoms with E-state index in [0.29, 0.717) is 24.8 Å². The fraction of sp³-hybridized carbons (Fsp3) is 0.412. The number of imidazole rings is 1. The van der Waals surface area contributed by atoms with Crippen LogP contribution in [0.5, 0.6) is 0 Å². The lowest BCUT2D eigenvalue weighted by Crippen LogP contribution is -2.26. The van der Waals surface area contributed by atoms with Crippen LogP contribution in [0.2, 0.25) is 0 Å². The third kappa shape index (κ3) is 1.96. The fourth-order valence-electron chi connectivity index (χ4n) is 3.48. The van der Waals surface area contributed by atoms with Gasteiger partial charge in [0.15, 0.2) is 5.52 Å². The maximum Gasteiger partial charge on any atom is 0.226 e. The van der Waals surface area contributed by atoms with Crippen LogP contribution in [-0.4, -0.2) is 22.8 Å². The van der Waals surface area contributed by atoms with Crippen molar-refractivity contribution in [3.05, 3.63) is 41.5 Å². The van der Waals surface area contributed by atoms with E-state index >= 15 is 0 Å². The van der Waals surface area contributed by atoms with Crippen molar-refractivity contribution in [2.45, 2.75) is 32.2 Å². The second-order valence-corrected chi connectivity index (χ2v) is 5.87. The van der Waals surface area contributed by atoms with E-state index in [9.17, 15) is 5.21 Å². The molecular weight excluding hydrogens is 278 g/mol. The first-order chi connectivity index (χ1) is 10.8. The molecule has 0 N–H and O–H groups in total. The number of hydrogen-bond acceptors (Lipinski definition) is 3. The van der Waals surface area contributed by atoms with E-state index in [1.54, 1.807) is 6.20 Å². The minimum absolute atomic E-state index is 0.290. The molecule has 3 heterocycles. The van der Waals surface area contributed by atoms with Crippen molar-refractivity contribution in [1.29, 1.82) is 0 Å². The zero-order valence-electron chi connectivity index (χ0n) is 12.7. The van der Waals surface area contributed by atoms with Crippen molar-refractivity contribution in [2.24, 2.45) is 0 Å². The highest BCUT2D eigenvalue weighted by molar-refractivity contribution is 6.00. The molecule has 1 atom stereocenters. The van der Waals surface area contributed by atoms with Gasteiger partial charge in [0, 0.05) is 12.5 Å². The Morgan fingerprint density at radius 1 is 1.41 bits per heavy atom. The summed E-state index contributed by atoms with van der Waals surface area (Å²) in [6, 6.07) is 8.04. The average molecular weight is 297 g/mol. The van der Waals surface area contributed by atoms with Gasteiger partial charge in [-0.25, -0.2) is 4.98 Å². The van der Waals surface area contributed by atoms with Gasteiger partial charge in [0.05, 0.1) is 30.2 Å². The van der Waals surface area contributed by atoms with E-state index in [-0.39, 0.29) is 0 Å². The number of ether oxygens (including phenoxy) is 1. The molecule has 0 aliphatic carbocycles. The average Bonchev–Trinajstić information content (AvgIpc) is 2.78. The van der Waals surface area contributed by atoms with E-state index in [1.165, 1.54) is 0 Å². The van der Waals surface area contributed by atoms with Gasteiger partial charge in [0.2, 0.25) is 11.7 Å². The van der Waals surface area contributed by atoms with Crippen molar-refractivity contribution in [3.63, 3.8) is 0 Å². The number of fused-ring (bicyclic) bond motifs is 5. The Hall–Kier alpha value is -2.14. The zero-order chi connectivity index (χ0) is 15.1. The number of benzene rings is 1. The minimum Gasteiger partial charge on any atom is -0.618 e. The Morgan fingerprint density at radius 2 is 2.27 bits per heavy atom. The standard InChI is InChI=1S/C17H19N3O2/c1-2-5-12-11-22-9-8-16-18-14-10-19(21)15-7-4-3-6-13(15)17(14)20(12)16/h3-4,6-7,10,12H,2,5,8-9,11H2,1H3. The smallest absolute Gasteiger partial charge is 0.226 e. The van der Waals surface area contributed by atoms with Crippen LogP contribution in [0.15, 0.2) is 30.5 Å². The Labute approximate surface area is 128 Å². The fourth-order valence-corrected chi connectivity index (χ4v) is 3.48. The second-order valence-electron chi connectivity index (χ2n) is 5.87. The molecule has 0 fully saturated rings. The van der Waals surface area contributed by atoms with Crippen molar-refractivity contribution < 1.29 is 9.47 Å². The van der Waals surface area contributed by atoms with Crippen LogP contribution in [0.3, 0.4) is 0 Å².